The number of aliphatic imine (C=N–C) groups is 1. The molecule has 7 nitrogen and oxygen atoms in total. The van der Waals surface area contributed by atoms with Crippen LogP contribution in [0.25, 0.3) is 11.4 Å². The van der Waals surface area contributed by atoms with Gasteiger partial charge in [0, 0.05) is 36.8 Å². The third kappa shape index (κ3) is 7.30. The molecule has 0 radical (unpaired) electrons. The number of hydrogen-bond donors (Lipinski definition) is 2. The van der Waals surface area contributed by atoms with E-state index in [-0.39, 0.29) is 36.6 Å². The molecular weight excluding hydrogens is 524 g/mol. The van der Waals surface area contributed by atoms with Gasteiger partial charge in [-0.05, 0) is 30.7 Å². The van der Waals surface area contributed by atoms with E-state index in [1.807, 2.05) is 0 Å². The van der Waals surface area contributed by atoms with E-state index in [1.165, 1.54) is 4.90 Å². The summed E-state index contributed by atoms with van der Waals surface area (Å²) in [6, 6.07) is 6.94. The van der Waals surface area contributed by atoms with Crippen LogP contribution in [0.15, 0.2) is 33.8 Å². The molecule has 1 aliphatic heterocycles. The van der Waals surface area contributed by atoms with Gasteiger partial charge in [-0.2, -0.15) is 18.2 Å². The summed E-state index contributed by atoms with van der Waals surface area (Å²) < 4.78 is 42.7. The van der Waals surface area contributed by atoms with Gasteiger partial charge in [-0.15, -0.1) is 24.0 Å². The molecule has 2 N–H and O–H groups in total. The van der Waals surface area contributed by atoms with Gasteiger partial charge in [0.1, 0.15) is 0 Å². The standard InChI is InChI=1S/C17H20ClF3N6O.HI/c1-22-16(24-13-6-7-27(9-13)10-17(19,20)21)23-8-14-25-15(26-28-14)11-2-4-12(18)5-3-11;/h2-5,13H,6-10H2,1H3,(H2,22,23,24);1H. The Kier molecular flexibility index (Phi) is 8.52. The maximum atomic E-state index is 12.5. The van der Waals surface area contributed by atoms with Crippen LogP contribution < -0.4 is 10.6 Å². The van der Waals surface area contributed by atoms with E-state index in [4.69, 9.17) is 16.1 Å². The number of guanidine groups is 1. The molecular formula is C17H21ClF3IN6O. The molecule has 2 heterocycles. The van der Waals surface area contributed by atoms with Gasteiger partial charge < -0.3 is 15.2 Å². The Bertz CT molecular complexity index is 814. The number of alkyl halides is 3. The fourth-order valence-corrected chi connectivity index (χ4v) is 3.06. The first kappa shape index (κ1) is 23.7. The van der Waals surface area contributed by atoms with Crippen molar-refractivity contribution in [2.45, 2.75) is 25.2 Å². The Hall–Kier alpha value is -1.60. The van der Waals surface area contributed by atoms with E-state index in [1.54, 1.807) is 31.3 Å². The lowest BCUT2D eigenvalue weighted by molar-refractivity contribution is -0.143. The number of hydrogen-bond acceptors (Lipinski definition) is 5. The SMILES string of the molecule is CN=C(NCc1nc(-c2ccc(Cl)cc2)no1)NC1CCN(CC(F)(F)F)C1.I. The number of aromatic nitrogens is 2. The molecule has 12 heteroatoms. The van der Waals surface area contributed by atoms with Crippen LogP contribution in [0.2, 0.25) is 5.02 Å². The molecule has 0 aliphatic carbocycles. The predicted octanol–water partition coefficient (Wildman–Crippen LogP) is 3.31. The molecule has 3 rings (SSSR count). The summed E-state index contributed by atoms with van der Waals surface area (Å²) in [6.07, 6.45) is -3.58. The molecule has 0 amide bonds. The molecule has 0 bridgehead atoms. The Morgan fingerprint density at radius 2 is 2.07 bits per heavy atom. The van der Waals surface area contributed by atoms with Crippen molar-refractivity contribution in [3.05, 3.63) is 35.2 Å². The van der Waals surface area contributed by atoms with Gasteiger partial charge in [0.2, 0.25) is 11.7 Å². The van der Waals surface area contributed by atoms with Crippen molar-refractivity contribution < 1.29 is 17.7 Å². The van der Waals surface area contributed by atoms with Crippen LogP contribution in [0.1, 0.15) is 12.3 Å². The summed E-state index contributed by atoms with van der Waals surface area (Å²) in [5.41, 5.74) is 0.776. The van der Waals surface area contributed by atoms with Crippen molar-refractivity contribution in [1.29, 1.82) is 0 Å². The summed E-state index contributed by atoms with van der Waals surface area (Å²) in [6.45, 7) is 0.0374. The third-order valence-corrected chi connectivity index (χ3v) is 4.47. The van der Waals surface area contributed by atoms with E-state index >= 15 is 0 Å². The normalized spacial score (nSPS) is 17.8. The summed E-state index contributed by atoms with van der Waals surface area (Å²) in [5, 5.41) is 10.7. The molecule has 1 saturated heterocycles. The molecule has 0 spiro atoms. The molecule has 1 atom stereocenters. The molecule has 1 fully saturated rings. The smallest absolute Gasteiger partial charge is 0.352 e. The predicted molar refractivity (Wildman–Crippen MR) is 114 cm³/mol. The third-order valence-electron chi connectivity index (χ3n) is 4.22. The zero-order chi connectivity index (χ0) is 20.1. The Morgan fingerprint density at radius 1 is 1.34 bits per heavy atom. The highest BCUT2D eigenvalue weighted by Crippen LogP contribution is 2.20. The van der Waals surface area contributed by atoms with E-state index in [9.17, 15) is 13.2 Å². The van der Waals surface area contributed by atoms with Crippen LogP contribution in [0.4, 0.5) is 13.2 Å². The minimum absolute atomic E-state index is 0. The summed E-state index contributed by atoms with van der Waals surface area (Å²) >= 11 is 5.86. The average Bonchev–Trinajstić information content (AvgIpc) is 3.27. The monoisotopic (exact) mass is 544 g/mol. The quantitative estimate of drug-likeness (QED) is 0.342. The first-order valence-electron chi connectivity index (χ1n) is 8.67. The van der Waals surface area contributed by atoms with Crippen molar-refractivity contribution in [2.24, 2.45) is 4.99 Å². The second kappa shape index (κ2) is 10.4. The summed E-state index contributed by atoms with van der Waals surface area (Å²) in [5.74, 6) is 1.26. The average molecular weight is 545 g/mol. The van der Waals surface area contributed by atoms with Gasteiger partial charge in [-0.25, -0.2) is 0 Å². The summed E-state index contributed by atoms with van der Waals surface area (Å²) in [4.78, 5) is 9.77. The van der Waals surface area contributed by atoms with Gasteiger partial charge >= 0.3 is 6.18 Å². The van der Waals surface area contributed by atoms with E-state index < -0.39 is 12.7 Å². The zero-order valence-electron chi connectivity index (χ0n) is 15.5. The zero-order valence-corrected chi connectivity index (χ0v) is 18.6. The maximum Gasteiger partial charge on any atom is 0.401 e. The van der Waals surface area contributed by atoms with Gasteiger partial charge in [-0.3, -0.25) is 9.89 Å². The van der Waals surface area contributed by atoms with Crippen molar-refractivity contribution in [1.82, 2.24) is 25.7 Å². The lowest BCUT2D eigenvalue weighted by Gasteiger charge is -2.19. The van der Waals surface area contributed by atoms with E-state index in [2.05, 4.69) is 25.8 Å². The van der Waals surface area contributed by atoms with Crippen LogP contribution in [-0.2, 0) is 6.54 Å². The number of likely N-dealkylation sites (tertiary alicyclic amines) is 1. The summed E-state index contributed by atoms with van der Waals surface area (Å²) in [7, 11) is 1.59. The second-order valence-electron chi connectivity index (χ2n) is 6.42. The van der Waals surface area contributed by atoms with Gasteiger partial charge in [0.25, 0.3) is 0 Å². The van der Waals surface area contributed by atoms with Gasteiger partial charge in [-0.1, -0.05) is 16.8 Å². The molecule has 1 aliphatic rings. The number of rotatable bonds is 5. The highest BCUT2D eigenvalue weighted by atomic mass is 127. The van der Waals surface area contributed by atoms with Crippen LogP contribution in [0.5, 0.6) is 0 Å². The lowest BCUT2D eigenvalue weighted by atomic mass is 10.2. The van der Waals surface area contributed by atoms with Gasteiger partial charge in [0.05, 0.1) is 13.1 Å². The topological polar surface area (TPSA) is 78.6 Å². The highest BCUT2D eigenvalue weighted by Gasteiger charge is 2.34. The number of nitrogens with zero attached hydrogens (tertiary/aromatic N) is 4. The number of benzene rings is 1. The van der Waals surface area contributed by atoms with Crippen LogP contribution in [0.3, 0.4) is 0 Å². The first-order valence-corrected chi connectivity index (χ1v) is 9.05. The molecule has 160 valence electrons. The van der Waals surface area contributed by atoms with Crippen molar-refractivity contribution in [3.63, 3.8) is 0 Å². The molecule has 1 aromatic carbocycles. The molecule has 2 aromatic rings. The molecule has 0 saturated carbocycles. The van der Waals surface area contributed by atoms with Crippen molar-refractivity contribution in [3.8, 4) is 11.4 Å². The molecule has 1 aromatic heterocycles. The van der Waals surface area contributed by atoms with Crippen LogP contribution in [-0.4, -0.2) is 59.9 Å². The number of halogens is 5. The fourth-order valence-electron chi connectivity index (χ4n) is 2.94. The first-order chi connectivity index (χ1) is 13.3. The minimum Gasteiger partial charge on any atom is -0.352 e. The highest BCUT2D eigenvalue weighted by molar-refractivity contribution is 14.0. The fraction of sp³-hybridized carbons (Fsp3) is 0.471. The Balaban J connectivity index is 0.00000300. The van der Waals surface area contributed by atoms with Gasteiger partial charge in [0.15, 0.2) is 5.96 Å². The Morgan fingerprint density at radius 3 is 2.72 bits per heavy atom. The van der Waals surface area contributed by atoms with Crippen LogP contribution >= 0.6 is 35.6 Å². The second-order valence-corrected chi connectivity index (χ2v) is 6.86. The number of nitrogens with one attached hydrogen (secondary N) is 2. The lowest BCUT2D eigenvalue weighted by Crippen LogP contribution is -2.44. The van der Waals surface area contributed by atoms with E-state index in [0.717, 1.165) is 5.56 Å². The Labute approximate surface area is 188 Å². The van der Waals surface area contributed by atoms with Crippen molar-refractivity contribution >= 4 is 41.5 Å². The largest absolute Gasteiger partial charge is 0.401 e. The van der Waals surface area contributed by atoms with Crippen molar-refractivity contribution in [2.75, 3.05) is 26.7 Å². The molecule has 29 heavy (non-hydrogen) atoms. The van der Waals surface area contributed by atoms with Crippen LogP contribution in [0, 0.1) is 0 Å². The van der Waals surface area contributed by atoms with E-state index in [0.29, 0.717) is 42.2 Å². The molecule has 1 unspecified atom stereocenters. The maximum absolute atomic E-state index is 12.5. The minimum atomic E-state index is -4.19.